The van der Waals surface area contributed by atoms with Gasteiger partial charge in [0, 0.05) is 31.4 Å². The molecular weight excluding hydrogens is 338 g/mol. The molecular formula is C15H18ClN3O3S. The van der Waals surface area contributed by atoms with E-state index in [1.807, 2.05) is 12.1 Å². The summed E-state index contributed by atoms with van der Waals surface area (Å²) in [4.78, 5) is 3.95. The van der Waals surface area contributed by atoms with Gasteiger partial charge in [-0.1, -0.05) is 17.7 Å². The molecule has 0 spiro atoms. The van der Waals surface area contributed by atoms with Crippen LogP contribution in [0.5, 0.6) is 5.75 Å². The molecule has 23 heavy (non-hydrogen) atoms. The number of ether oxygens (including phenoxy) is 1. The van der Waals surface area contributed by atoms with Gasteiger partial charge in [0.15, 0.2) is 5.03 Å². The van der Waals surface area contributed by atoms with E-state index in [2.05, 4.69) is 4.98 Å². The fourth-order valence-corrected chi connectivity index (χ4v) is 4.19. The van der Waals surface area contributed by atoms with Gasteiger partial charge in [0.1, 0.15) is 11.9 Å². The van der Waals surface area contributed by atoms with Gasteiger partial charge in [0.05, 0.1) is 6.33 Å². The summed E-state index contributed by atoms with van der Waals surface area (Å²) >= 11 is 5.94. The summed E-state index contributed by atoms with van der Waals surface area (Å²) in [6.45, 7) is 0.842. The Bertz CT molecular complexity index is 783. The first kappa shape index (κ1) is 16.3. The number of halogens is 1. The molecule has 1 aromatic carbocycles. The maximum atomic E-state index is 12.5. The van der Waals surface area contributed by atoms with E-state index in [4.69, 9.17) is 16.3 Å². The molecule has 0 aliphatic carbocycles. The third-order valence-corrected chi connectivity index (χ3v) is 5.80. The summed E-state index contributed by atoms with van der Waals surface area (Å²) in [6, 6.07) is 7.23. The van der Waals surface area contributed by atoms with Crippen LogP contribution in [0.4, 0.5) is 0 Å². The zero-order valence-electron chi connectivity index (χ0n) is 12.7. The van der Waals surface area contributed by atoms with Crippen LogP contribution < -0.4 is 4.74 Å². The lowest BCUT2D eigenvalue weighted by Crippen LogP contribution is -2.41. The highest BCUT2D eigenvalue weighted by atomic mass is 35.5. The molecule has 3 rings (SSSR count). The van der Waals surface area contributed by atoms with E-state index in [1.165, 1.54) is 16.8 Å². The van der Waals surface area contributed by atoms with Crippen molar-refractivity contribution >= 4 is 21.6 Å². The number of imidazole rings is 1. The number of hydrogen-bond donors (Lipinski definition) is 0. The van der Waals surface area contributed by atoms with Crippen molar-refractivity contribution in [3.05, 3.63) is 41.8 Å². The Labute approximate surface area is 140 Å². The van der Waals surface area contributed by atoms with Crippen molar-refractivity contribution in [1.29, 1.82) is 0 Å². The van der Waals surface area contributed by atoms with Crippen molar-refractivity contribution in [3.8, 4) is 5.75 Å². The Morgan fingerprint density at radius 3 is 2.65 bits per heavy atom. The number of aromatic nitrogens is 2. The fraction of sp³-hybridized carbons (Fsp3) is 0.400. The molecule has 0 amide bonds. The fourth-order valence-electron chi connectivity index (χ4n) is 2.58. The molecule has 1 aromatic heterocycles. The van der Waals surface area contributed by atoms with Crippen LogP contribution in [0.1, 0.15) is 12.8 Å². The molecule has 0 N–H and O–H groups in total. The van der Waals surface area contributed by atoms with Crippen molar-refractivity contribution in [2.24, 2.45) is 7.05 Å². The molecule has 2 heterocycles. The molecule has 124 valence electrons. The predicted molar refractivity (Wildman–Crippen MR) is 87.1 cm³/mol. The lowest BCUT2D eigenvalue weighted by molar-refractivity contribution is 0.135. The van der Waals surface area contributed by atoms with Crippen LogP contribution in [0.15, 0.2) is 41.8 Å². The highest BCUT2D eigenvalue weighted by molar-refractivity contribution is 7.89. The number of hydrogen-bond acceptors (Lipinski definition) is 4. The Morgan fingerprint density at radius 1 is 1.30 bits per heavy atom. The molecule has 0 radical (unpaired) electrons. The van der Waals surface area contributed by atoms with Crippen molar-refractivity contribution < 1.29 is 13.2 Å². The third kappa shape index (κ3) is 3.68. The summed E-state index contributed by atoms with van der Waals surface area (Å²) < 4.78 is 34.0. The van der Waals surface area contributed by atoms with Gasteiger partial charge in [-0.25, -0.2) is 13.4 Å². The number of piperidine rings is 1. The molecule has 1 aliphatic rings. The number of sulfonamides is 1. The van der Waals surface area contributed by atoms with Crippen LogP contribution in [0.3, 0.4) is 0 Å². The number of rotatable bonds is 4. The third-order valence-electron chi connectivity index (χ3n) is 3.79. The first-order valence-electron chi connectivity index (χ1n) is 7.35. The first-order valence-corrected chi connectivity index (χ1v) is 9.17. The number of benzene rings is 1. The summed E-state index contributed by atoms with van der Waals surface area (Å²) in [5.41, 5.74) is 0. The maximum Gasteiger partial charge on any atom is 0.262 e. The minimum absolute atomic E-state index is 0.0105. The lowest BCUT2D eigenvalue weighted by Gasteiger charge is -2.30. The summed E-state index contributed by atoms with van der Waals surface area (Å²) in [7, 11) is -1.77. The molecule has 6 nitrogen and oxygen atoms in total. The van der Waals surface area contributed by atoms with Crippen molar-refractivity contribution in [2.75, 3.05) is 13.1 Å². The largest absolute Gasteiger partial charge is 0.490 e. The topological polar surface area (TPSA) is 64.4 Å². The highest BCUT2D eigenvalue weighted by Gasteiger charge is 2.31. The Morgan fingerprint density at radius 2 is 2.04 bits per heavy atom. The molecule has 2 aromatic rings. The van der Waals surface area contributed by atoms with E-state index >= 15 is 0 Å². The normalized spacial score (nSPS) is 17.3. The molecule has 1 aliphatic heterocycles. The van der Waals surface area contributed by atoms with Crippen LogP contribution in [0.2, 0.25) is 5.02 Å². The molecule has 0 bridgehead atoms. The maximum absolute atomic E-state index is 12.5. The molecule has 0 unspecified atom stereocenters. The van der Waals surface area contributed by atoms with Gasteiger partial charge in [0.25, 0.3) is 10.0 Å². The van der Waals surface area contributed by atoms with E-state index < -0.39 is 10.0 Å². The van der Waals surface area contributed by atoms with Crippen molar-refractivity contribution in [2.45, 2.75) is 24.0 Å². The summed E-state index contributed by atoms with van der Waals surface area (Å²) in [5.74, 6) is 0.712. The predicted octanol–water partition coefficient (Wildman–Crippen LogP) is 2.31. The van der Waals surface area contributed by atoms with E-state index in [1.54, 1.807) is 23.7 Å². The van der Waals surface area contributed by atoms with E-state index in [0.29, 0.717) is 36.7 Å². The van der Waals surface area contributed by atoms with Gasteiger partial charge in [-0.05, 0) is 31.0 Å². The van der Waals surface area contributed by atoms with E-state index in [-0.39, 0.29) is 11.1 Å². The van der Waals surface area contributed by atoms with Crippen LogP contribution >= 0.6 is 11.6 Å². The second-order valence-electron chi connectivity index (χ2n) is 5.56. The second-order valence-corrected chi connectivity index (χ2v) is 7.88. The number of nitrogens with zero attached hydrogens (tertiary/aromatic N) is 3. The van der Waals surface area contributed by atoms with Crippen molar-refractivity contribution in [3.63, 3.8) is 0 Å². The number of aryl methyl sites for hydroxylation is 1. The van der Waals surface area contributed by atoms with Gasteiger partial charge in [-0.3, -0.25) is 0 Å². The zero-order valence-corrected chi connectivity index (χ0v) is 14.3. The standard InChI is InChI=1S/C15H18ClN3O3S/c1-18-10-15(17-11-18)23(20,21)19-7-5-13(6-8-19)22-14-4-2-3-12(16)9-14/h2-4,9-11,13H,5-8H2,1H3. The molecule has 8 heteroatoms. The Balaban J connectivity index is 1.62. The minimum Gasteiger partial charge on any atom is -0.490 e. The van der Waals surface area contributed by atoms with Gasteiger partial charge >= 0.3 is 0 Å². The van der Waals surface area contributed by atoms with Gasteiger partial charge in [-0.2, -0.15) is 4.31 Å². The Kier molecular flexibility index (Phi) is 4.61. The Hall–Kier alpha value is -1.57. The molecule has 0 atom stereocenters. The smallest absolute Gasteiger partial charge is 0.262 e. The van der Waals surface area contributed by atoms with E-state index in [0.717, 1.165) is 0 Å². The molecule has 0 saturated carbocycles. The van der Waals surface area contributed by atoms with Crippen LogP contribution in [0.25, 0.3) is 0 Å². The van der Waals surface area contributed by atoms with Gasteiger partial charge in [-0.15, -0.1) is 0 Å². The summed E-state index contributed by atoms with van der Waals surface area (Å²) in [5, 5.41) is 0.715. The van der Waals surface area contributed by atoms with Crippen LogP contribution in [-0.4, -0.2) is 41.5 Å². The zero-order chi connectivity index (χ0) is 16.4. The average molecular weight is 356 g/mol. The lowest BCUT2D eigenvalue weighted by atomic mass is 10.1. The van der Waals surface area contributed by atoms with Crippen LogP contribution in [-0.2, 0) is 17.1 Å². The van der Waals surface area contributed by atoms with Crippen LogP contribution in [0, 0.1) is 0 Å². The van der Waals surface area contributed by atoms with E-state index in [9.17, 15) is 8.42 Å². The second kappa shape index (κ2) is 6.51. The first-order chi connectivity index (χ1) is 10.9. The SMILES string of the molecule is Cn1cnc(S(=O)(=O)N2CCC(Oc3cccc(Cl)c3)CC2)c1. The van der Waals surface area contributed by atoms with Gasteiger partial charge < -0.3 is 9.30 Å². The minimum atomic E-state index is -3.52. The quantitative estimate of drug-likeness (QED) is 0.844. The van der Waals surface area contributed by atoms with Crippen molar-refractivity contribution in [1.82, 2.24) is 13.9 Å². The highest BCUT2D eigenvalue weighted by Crippen LogP contribution is 2.24. The summed E-state index contributed by atoms with van der Waals surface area (Å²) in [6.07, 6.45) is 4.27. The monoisotopic (exact) mass is 355 g/mol. The molecule has 1 saturated heterocycles. The van der Waals surface area contributed by atoms with Gasteiger partial charge in [0.2, 0.25) is 0 Å². The average Bonchev–Trinajstić information content (AvgIpc) is 2.95. The molecule has 1 fully saturated rings.